The maximum absolute atomic E-state index is 13.6. The van der Waals surface area contributed by atoms with Gasteiger partial charge in [-0.3, -0.25) is 15.0 Å². The number of ether oxygens (including phenoxy) is 2. The van der Waals surface area contributed by atoms with Crippen LogP contribution in [-0.4, -0.2) is 38.0 Å². The van der Waals surface area contributed by atoms with Gasteiger partial charge in [-0.15, -0.1) is 25.6 Å². The third kappa shape index (κ3) is 6.75. The van der Waals surface area contributed by atoms with Crippen molar-refractivity contribution in [3.63, 3.8) is 0 Å². The summed E-state index contributed by atoms with van der Waals surface area (Å²) in [6.45, 7) is 1.45. The Balaban J connectivity index is 0.00000484. The van der Waals surface area contributed by atoms with E-state index in [2.05, 4.69) is 9.72 Å². The molecule has 4 rings (SSSR count). The summed E-state index contributed by atoms with van der Waals surface area (Å²) in [4.78, 5) is 16.2. The maximum Gasteiger partial charge on any atom is 0.573 e. The summed E-state index contributed by atoms with van der Waals surface area (Å²) < 4.78 is 76.0. The fourth-order valence-corrected chi connectivity index (χ4v) is 6.05. The molecular weight excluding hydrogens is 599 g/mol. The number of benzene rings is 3. The Labute approximate surface area is 245 Å². The van der Waals surface area contributed by atoms with Gasteiger partial charge in [0.1, 0.15) is 11.5 Å². The van der Waals surface area contributed by atoms with Crippen LogP contribution >= 0.6 is 12.4 Å². The van der Waals surface area contributed by atoms with E-state index in [9.17, 15) is 31.6 Å². The highest BCUT2D eigenvalue weighted by molar-refractivity contribution is 7.91. The molecule has 0 aliphatic heterocycles. The van der Waals surface area contributed by atoms with E-state index >= 15 is 0 Å². The Kier molecular flexibility index (Phi) is 9.71. The molecule has 1 amide bonds. The molecule has 3 aromatic carbocycles. The number of carbonyl (C=O) groups excluding carboxylic acids is 1. The number of sulfone groups is 1. The lowest BCUT2D eigenvalue weighted by Gasteiger charge is -2.19. The smallest absolute Gasteiger partial charge is 0.497 e. The predicted molar refractivity (Wildman–Crippen MR) is 150 cm³/mol. The van der Waals surface area contributed by atoms with Gasteiger partial charge in [0, 0.05) is 35.6 Å². The molecule has 0 saturated carbocycles. The monoisotopic (exact) mass is 623 g/mol. The molecule has 1 aromatic heterocycles. The van der Waals surface area contributed by atoms with Crippen LogP contribution in [0.2, 0.25) is 0 Å². The van der Waals surface area contributed by atoms with E-state index in [0.29, 0.717) is 11.3 Å². The predicted octanol–water partition coefficient (Wildman–Crippen LogP) is 5.51. The number of nitrogens with two attached hydrogens (primary N) is 1. The van der Waals surface area contributed by atoms with E-state index in [4.69, 9.17) is 10.5 Å². The molecule has 4 N–H and O–H groups in total. The van der Waals surface area contributed by atoms with Crippen LogP contribution < -0.4 is 20.7 Å². The standard InChI is InChI=1S/C28H24F3N3O6S.ClH/c1-16-12-18(14-23(27(35)34-36)26(16)41(37,38)20-7-5-19(39-2)6-8-20)21-9-10-24(40-28(29,30)31)22(25(21)32)13-17-4-3-11-33-15-17;/h3-12,14-15,36H,13,32H2,1-2H3,(H,34,35);1H. The number of nitrogens with zero attached hydrogens (tertiary/aromatic N) is 1. The lowest BCUT2D eigenvalue weighted by Crippen LogP contribution is -2.22. The van der Waals surface area contributed by atoms with Gasteiger partial charge in [-0.1, -0.05) is 12.1 Å². The van der Waals surface area contributed by atoms with Gasteiger partial charge in [-0.05, 0) is 72.1 Å². The zero-order valence-electron chi connectivity index (χ0n) is 22.1. The van der Waals surface area contributed by atoms with Crippen LogP contribution in [0.4, 0.5) is 18.9 Å². The lowest BCUT2D eigenvalue weighted by atomic mass is 9.94. The van der Waals surface area contributed by atoms with Gasteiger partial charge < -0.3 is 15.2 Å². The summed E-state index contributed by atoms with van der Waals surface area (Å²) in [5.74, 6) is -1.22. The number of hydroxylamine groups is 1. The summed E-state index contributed by atoms with van der Waals surface area (Å²) in [5, 5.41) is 9.41. The number of hydrogen-bond donors (Lipinski definition) is 3. The Morgan fingerprint density at radius 1 is 1.10 bits per heavy atom. The number of aromatic nitrogens is 1. The summed E-state index contributed by atoms with van der Waals surface area (Å²) in [6.07, 6.45) is -2.07. The number of aryl methyl sites for hydroxylation is 1. The highest BCUT2D eigenvalue weighted by Crippen LogP contribution is 2.40. The number of alkyl halides is 3. The first-order valence-corrected chi connectivity index (χ1v) is 13.4. The Morgan fingerprint density at radius 2 is 1.79 bits per heavy atom. The van der Waals surface area contributed by atoms with E-state index in [1.165, 1.54) is 74.4 Å². The second kappa shape index (κ2) is 12.7. The zero-order chi connectivity index (χ0) is 29.9. The first-order valence-electron chi connectivity index (χ1n) is 11.9. The largest absolute Gasteiger partial charge is 0.573 e. The summed E-state index contributed by atoms with van der Waals surface area (Å²) in [7, 11) is -2.85. The lowest BCUT2D eigenvalue weighted by molar-refractivity contribution is -0.274. The molecule has 14 heteroatoms. The number of rotatable bonds is 8. The molecule has 1 heterocycles. The van der Waals surface area contributed by atoms with E-state index in [-0.39, 0.29) is 56.6 Å². The average Bonchev–Trinajstić information content (AvgIpc) is 2.93. The highest BCUT2D eigenvalue weighted by Gasteiger charge is 2.33. The Morgan fingerprint density at radius 3 is 2.36 bits per heavy atom. The average molecular weight is 624 g/mol. The summed E-state index contributed by atoms with van der Waals surface area (Å²) in [5.41, 5.74) is 8.48. The molecule has 0 atom stereocenters. The van der Waals surface area contributed by atoms with Gasteiger partial charge in [0.15, 0.2) is 0 Å². The van der Waals surface area contributed by atoms with Crippen molar-refractivity contribution in [1.29, 1.82) is 0 Å². The quantitative estimate of drug-likeness (QED) is 0.133. The van der Waals surface area contributed by atoms with Gasteiger partial charge in [-0.2, -0.15) is 0 Å². The number of methoxy groups -OCH3 is 1. The molecule has 0 fully saturated rings. The van der Waals surface area contributed by atoms with Crippen LogP contribution in [0.25, 0.3) is 11.1 Å². The van der Waals surface area contributed by atoms with Crippen LogP contribution in [0, 0.1) is 6.92 Å². The van der Waals surface area contributed by atoms with Gasteiger partial charge >= 0.3 is 6.36 Å². The van der Waals surface area contributed by atoms with Gasteiger partial charge in [0.05, 0.1) is 22.5 Å². The van der Waals surface area contributed by atoms with Gasteiger partial charge in [0.25, 0.3) is 5.91 Å². The molecule has 9 nitrogen and oxygen atoms in total. The van der Waals surface area contributed by atoms with Crippen molar-refractivity contribution in [2.24, 2.45) is 0 Å². The van der Waals surface area contributed by atoms with Crippen LogP contribution in [0.5, 0.6) is 11.5 Å². The molecule has 0 aliphatic carbocycles. The van der Waals surface area contributed by atoms with Crippen molar-refractivity contribution in [2.45, 2.75) is 29.5 Å². The molecule has 0 aliphatic rings. The van der Waals surface area contributed by atoms with E-state index in [1.807, 2.05) is 0 Å². The second-order valence-corrected chi connectivity index (χ2v) is 10.8. The van der Waals surface area contributed by atoms with Crippen molar-refractivity contribution in [3.8, 4) is 22.6 Å². The molecule has 0 spiro atoms. The van der Waals surface area contributed by atoms with Crippen molar-refractivity contribution in [3.05, 3.63) is 95.3 Å². The molecule has 4 aromatic rings. The Hall–Kier alpha value is -4.33. The minimum atomic E-state index is -4.99. The van der Waals surface area contributed by atoms with Crippen LogP contribution in [0.1, 0.15) is 27.0 Å². The number of hydrogen-bond acceptors (Lipinski definition) is 8. The molecule has 0 bridgehead atoms. The second-order valence-electron chi connectivity index (χ2n) is 8.88. The molecular formula is C28H25ClF3N3O6S. The number of nitrogen functional groups attached to an aromatic ring is 1. The molecule has 0 radical (unpaired) electrons. The number of amides is 1. The summed E-state index contributed by atoms with van der Waals surface area (Å²) >= 11 is 0. The summed E-state index contributed by atoms with van der Waals surface area (Å²) in [6, 6.07) is 13.8. The first kappa shape index (κ1) is 32.2. The van der Waals surface area contributed by atoms with Crippen molar-refractivity contribution >= 4 is 33.8 Å². The fraction of sp³-hybridized carbons (Fsp3) is 0.143. The van der Waals surface area contributed by atoms with Crippen LogP contribution in [0.15, 0.2) is 82.8 Å². The minimum Gasteiger partial charge on any atom is -0.497 e. The molecule has 0 saturated heterocycles. The van der Waals surface area contributed by atoms with E-state index in [0.717, 1.165) is 6.07 Å². The topological polar surface area (TPSA) is 141 Å². The normalized spacial score (nSPS) is 11.4. The molecule has 222 valence electrons. The highest BCUT2D eigenvalue weighted by atomic mass is 35.5. The molecule has 42 heavy (non-hydrogen) atoms. The third-order valence-electron chi connectivity index (χ3n) is 6.21. The number of carbonyl (C=O) groups is 1. The van der Waals surface area contributed by atoms with Crippen molar-refractivity contribution in [1.82, 2.24) is 10.5 Å². The van der Waals surface area contributed by atoms with Crippen molar-refractivity contribution < 1.29 is 41.1 Å². The SMILES string of the molecule is COc1ccc(S(=O)(=O)c2c(C)cc(-c3ccc(OC(F)(F)F)c(Cc4cccnc4)c3N)cc2C(=O)NO)cc1.Cl. The van der Waals surface area contributed by atoms with E-state index < -0.39 is 33.4 Å². The number of anilines is 1. The Bertz CT molecular complexity index is 1700. The number of nitrogens with one attached hydrogen (secondary N) is 1. The number of pyridine rings is 1. The third-order valence-corrected chi connectivity index (χ3v) is 8.19. The van der Waals surface area contributed by atoms with Crippen LogP contribution in [0.3, 0.4) is 0 Å². The van der Waals surface area contributed by atoms with E-state index in [1.54, 1.807) is 12.1 Å². The molecule has 0 unspecified atom stereocenters. The fourth-order valence-electron chi connectivity index (χ4n) is 4.39. The first-order chi connectivity index (χ1) is 19.4. The minimum absolute atomic E-state index is 0. The maximum atomic E-state index is 13.6. The van der Waals surface area contributed by atoms with Gasteiger partial charge in [0.2, 0.25) is 9.84 Å². The number of halogens is 4. The van der Waals surface area contributed by atoms with Gasteiger partial charge in [-0.25, -0.2) is 13.9 Å². The zero-order valence-corrected chi connectivity index (χ0v) is 23.7. The van der Waals surface area contributed by atoms with Crippen molar-refractivity contribution in [2.75, 3.05) is 12.8 Å². The van der Waals surface area contributed by atoms with Crippen LogP contribution in [-0.2, 0) is 16.3 Å².